The average Bonchev–Trinajstić information content (AvgIpc) is 2.27. The quantitative estimate of drug-likeness (QED) is 0.815. The van der Waals surface area contributed by atoms with E-state index < -0.39 is 0 Å². The molecule has 1 aromatic carbocycles. The Bertz CT molecular complexity index is 313. The van der Waals surface area contributed by atoms with E-state index in [2.05, 4.69) is 52.8 Å². The smallest absolute Gasteiger partial charge is 0.0499 e. The molecule has 0 heterocycles. The maximum absolute atomic E-state index is 9.18. The van der Waals surface area contributed by atoms with E-state index in [0.29, 0.717) is 11.8 Å². The number of benzene rings is 1. The molecule has 0 saturated heterocycles. The zero-order valence-corrected chi connectivity index (χ0v) is 10.8. The molecule has 1 radical (unpaired) electrons. The Hall–Kier alpha value is -0.820. The highest BCUT2D eigenvalue weighted by Gasteiger charge is 2.10. The molecule has 0 saturated carbocycles. The summed E-state index contributed by atoms with van der Waals surface area (Å²) in [6.07, 6.45) is 0. The van der Waals surface area contributed by atoms with Gasteiger partial charge in [0.05, 0.1) is 0 Å². The van der Waals surface area contributed by atoms with Crippen LogP contribution in [0.4, 0.5) is 0 Å². The number of aliphatic hydroxyl groups is 1. The highest BCUT2D eigenvalue weighted by atomic mass is 16.3. The van der Waals surface area contributed by atoms with Crippen LogP contribution in [0.25, 0.3) is 0 Å². The van der Waals surface area contributed by atoms with Gasteiger partial charge in [-0.3, -0.25) is 0 Å². The SMILES string of the molecule is [CH2]C(CO)c1cc(C(C)C)cc(C(C)C)c1. The lowest BCUT2D eigenvalue weighted by atomic mass is 9.89. The lowest BCUT2D eigenvalue weighted by Gasteiger charge is -2.17. The van der Waals surface area contributed by atoms with E-state index in [-0.39, 0.29) is 12.5 Å². The third-order valence-corrected chi connectivity index (χ3v) is 3.03. The fourth-order valence-electron chi connectivity index (χ4n) is 1.71. The van der Waals surface area contributed by atoms with Gasteiger partial charge < -0.3 is 5.11 Å². The topological polar surface area (TPSA) is 20.2 Å². The highest BCUT2D eigenvalue weighted by molar-refractivity contribution is 5.35. The Labute approximate surface area is 99.5 Å². The molecule has 1 unspecified atom stereocenters. The second-order valence-electron chi connectivity index (χ2n) is 5.12. The van der Waals surface area contributed by atoms with Crippen molar-refractivity contribution in [2.75, 3.05) is 6.61 Å². The van der Waals surface area contributed by atoms with Gasteiger partial charge in [0.1, 0.15) is 0 Å². The van der Waals surface area contributed by atoms with Crippen molar-refractivity contribution in [2.45, 2.75) is 45.4 Å². The van der Waals surface area contributed by atoms with Crippen molar-refractivity contribution in [3.8, 4) is 0 Å². The molecule has 0 aliphatic rings. The van der Waals surface area contributed by atoms with Crippen LogP contribution in [0.15, 0.2) is 18.2 Å². The second-order valence-corrected chi connectivity index (χ2v) is 5.12. The Morgan fingerprint density at radius 1 is 0.938 bits per heavy atom. The van der Waals surface area contributed by atoms with Gasteiger partial charge in [-0.05, 0) is 35.4 Å². The summed E-state index contributed by atoms with van der Waals surface area (Å²) in [4.78, 5) is 0. The third kappa shape index (κ3) is 3.08. The zero-order valence-electron chi connectivity index (χ0n) is 10.8. The lowest BCUT2D eigenvalue weighted by Crippen LogP contribution is -2.03. The van der Waals surface area contributed by atoms with Gasteiger partial charge in [0, 0.05) is 12.5 Å². The van der Waals surface area contributed by atoms with Crippen LogP contribution < -0.4 is 0 Å². The molecule has 1 aromatic rings. The van der Waals surface area contributed by atoms with Crippen LogP contribution >= 0.6 is 0 Å². The Kier molecular flexibility index (Phi) is 4.55. The molecule has 1 atom stereocenters. The van der Waals surface area contributed by atoms with Crippen LogP contribution in [0.2, 0.25) is 0 Å². The van der Waals surface area contributed by atoms with Gasteiger partial charge in [0.25, 0.3) is 0 Å². The molecule has 0 aromatic heterocycles. The van der Waals surface area contributed by atoms with Crippen LogP contribution in [0.1, 0.15) is 62.1 Å². The summed E-state index contributed by atoms with van der Waals surface area (Å²) in [7, 11) is 0. The first-order chi connectivity index (χ1) is 7.45. The molecule has 0 aliphatic heterocycles. The Morgan fingerprint density at radius 2 is 1.31 bits per heavy atom. The first kappa shape index (κ1) is 13.2. The zero-order chi connectivity index (χ0) is 12.3. The van der Waals surface area contributed by atoms with Gasteiger partial charge in [-0.2, -0.15) is 0 Å². The number of rotatable bonds is 4. The van der Waals surface area contributed by atoms with Gasteiger partial charge in [-0.1, -0.05) is 45.9 Å². The average molecular weight is 219 g/mol. The minimum absolute atomic E-state index is 0.0174. The molecule has 16 heavy (non-hydrogen) atoms. The molecule has 1 heteroatoms. The van der Waals surface area contributed by atoms with Crippen molar-refractivity contribution < 1.29 is 5.11 Å². The summed E-state index contributed by atoms with van der Waals surface area (Å²) in [6.45, 7) is 12.9. The van der Waals surface area contributed by atoms with E-state index in [1.165, 1.54) is 11.1 Å². The molecule has 0 bridgehead atoms. The van der Waals surface area contributed by atoms with Gasteiger partial charge >= 0.3 is 0 Å². The van der Waals surface area contributed by atoms with Gasteiger partial charge in [0.15, 0.2) is 0 Å². The highest BCUT2D eigenvalue weighted by Crippen LogP contribution is 2.26. The van der Waals surface area contributed by atoms with Crippen LogP contribution in [-0.4, -0.2) is 11.7 Å². The van der Waals surface area contributed by atoms with Crippen LogP contribution in [-0.2, 0) is 0 Å². The van der Waals surface area contributed by atoms with E-state index in [9.17, 15) is 5.11 Å². The number of hydrogen-bond donors (Lipinski definition) is 1. The fraction of sp³-hybridized carbons (Fsp3) is 0.533. The van der Waals surface area contributed by atoms with Crippen LogP contribution in [0, 0.1) is 6.92 Å². The summed E-state index contributed by atoms with van der Waals surface area (Å²) in [5.74, 6) is 1.02. The summed E-state index contributed by atoms with van der Waals surface area (Å²) >= 11 is 0. The molecule has 1 N–H and O–H groups in total. The van der Waals surface area contributed by atoms with E-state index in [0.717, 1.165) is 5.56 Å². The Balaban J connectivity index is 3.18. The predicted molar refractivity (Wildman–Crippen MR) is 69.8 cm³/mol. The van der Waals surface area contributed by atoms with E-state index >= 15 is 0 Å². The first-order valence-corrected chi connectivity index (χ1v) is 6.04. The minimum atomic E-state index is -0.0174. The number of aliphatic hydroxyl groups excluding tert-OH is 1. The van der Waals surface area contributed by atoms with E-state index in [4.69, 9.17) is 0 Å². The maximum atomic E-state index is 9.18. The van der Waals surface area contributed by atoms with Crippen molar-refractivity contribution >= 4 is 0 Å². The minimum Gasteiger partial charge on any atom is -0.396 e. The summed E-state index contributed by atoms with van der Waals surface area (Å²) in [5, 5.41) is 9.18. The van der Waals surface area contributed by atoms with Gasteiger partial charge in [-0.15, -0.1) is 0 Å². The molecule has 0 spiro atoms. The van der Waals surface area contributed by atoms with Crippen molar-refractivity contribution in [1.29, 1.82) is 0 Å². The van der Waals surface area contributed by atoms with Crippen molar-refractivity contribution in [3.05, 3.63) is 41.8 Å². The van der Waals surface area contributed by atoms with Crippen LogP contribution in [0.3, 0.4) is 0 Å². The molecule has 1 rings (SSSR count). The van der Waals surface area contributed by atoms with Gasteiger partial charge in [-0.25, -0.2) is 0 Å². The fourth-order valence-corrected chi connectivity index (χ4v) is 1.71. The predicted octanol–water partition coefficient (Wildman–Crippen LogP) is 3.84. The van der Waals surface area contributed by atoms with Gasteiger partial charge in [0.2, 0.25) is 0 Å². The van der Waals surface area contributed by atoms with Crippen molar-refractivity contribution in [2.24, 2.45) is 0 Å². The largest absolute Gasteiger partial charge is 0.396 e. The molecular weight excluding hydrogens is 196 g/mol. The summed E-state index contributed by atoms with van der Waals surface area (Å²) < 4.78 is 0. The molecule has 0 fully saturated rings. The van der Waals surface area contributed by atoms with Crippen molar-refractivity contribution in [3.63, 3.8) is 0 Å². The maximum Gasteiger partial charge on any atom is 0.0499 e. The van der Waals surface area contributed by atoms with Crippen molar-refractivity contribution in [1.82, 2.24) is 0 Å². The Morgan fingerprint density at radius 3 is 1.62 bits per heavy atom. The number of hydrogen-bond acceptors (Lipinski definition) is 1. The molecule has 1 nitrogen and oxygen atoms in total. The summed E-state index contributed by atoms with van der Waals surface area (Å²) in [6, 6.07) is 6.61. The molecule has 0 aliphatic carbocycles. The standard InChI is InChI=1S/C15H23O/c1-10(2)13-6-14(11(3)4)8-15(7-13)12(5)9-16/h6-8,10-12,16H,5,9H2,1-4H3. The summed E-state index contributed by atoms with van der Waals surface area (Å²) in [5.41, 5.74) is 3.82. The van der Waals surface area contributed by atoms with E-state index in [1.54, 1.807) is 0 Å². The third-order valence-electron chi connectivity index (χ3n) is 3.03. The first-order valence-electron chi connectivity index (χ1n) is 6.04. The van der Waals surface area contributed by atoms with Crippen LogP contribution in [0.5, 0.6) is 0 Å². The molecule has 89 valence electrons. The monoisotopic (exact) mass is 219 g/mol. The lowest BCUT2D eigenvalue weighted by molar-refractivity contribution is 0.282. The molecular formula is C15H23O. The van der Waals surface area contributed by atoms with E-state index in [1.807, 2.05) is 0 Å². The second kappa shape index (κ2) is 5.49. The normalized spacial score (nSPS) is 13.5. The molecule has 0 amide bonds.